The van der Waals surface area contributed by atoms with Gasteiger partial charge in [-0.15, -0.1) is 0 Å². The summed E-state index contributed by atoms with van der Waals surface area (Å²) in [6.07, 6.45) is 0. The van der Waals surface area contributed by atoms with E-state index in [1.807, 2.05) is 0 Å². The maximum absolute atomic E-state index is 2.19. The average Bonchev–Trinajstić information content (AvgIpc) is 2.49. The molecule has 3 rings (SSSR count). The molecule has 0 unspecified atom stereocenters. The predicted octanol–water partition coefficient (Wildman–Crippen LogP) is 1.54. The second-order valence-electron chi connectivity index (χ2n) is 5.31. The van der Waals surface area contributed by atoms with Crippen LogP contribution in [0.3, 0.4) is 0 Å². The zero-order valence-electron chi connectivity index (χ0n) is 11.9. The highest BCUT2D eigenvalue weighted by atomic mass is 14.0. The molecule has 3 aromatic rings. The zero-order chi connectivity index (χ0) is 13.9. The molecule has 0 aliphatic heterocycles. The van der Waals surface area contributed by atoms with E-state index >= 15 is 0 Å². The van der Waals surface area contributed by atoms with Crippen molar-refractivity contribution in [1.29, 1.82) is 0 Å². The van der Waals surface area contributed by atoms with Crippen LogP contribution in [0.1, 0.15) is 0 Å². The fourth-order valence-electron chi connectivity index (χ4n) is 2.35. The van der Waals surface area contributed by atoms with E-state index in [1.165, 1.54) is 33.2 Å². The first-order valence-electron chi connectivity index (χ1n) is 6.96. The van der Waals surface area contributed by atoms with Gasteiger partial charge in [0.1, 0.15) is 15.7 Å². The summed E-state index contributed by atoms with van der Waals surface area (Å²) >= 11 is 0. The minimum Gasteiger partial charge on any atom is -0.0889 e. The highest BCUT2D eigenvalue weighted by molar-refractivity contribution is 6.32. The second-order valence-corrected chi connectivity index (χ2v) is 5.31. The van der Waals surface area contributed by atoms with Gasteiger partial charge < -0.3 is 0 Å². The summed E-state index contributed by atoms with van der Waals surface area (Å²) < 4.78 is 0. The number of benzene rings is 3. The molecule has 0 saturated carbocycles. The van der Waals surface area contributed by atoms with Crippen molar-refractivity contribution >= 4 is 26.6 Å². The van der Waals surface area contributed by atoms with Crippen LogP contribution in [0.2, 0.25) is 0 Å². The van der Waals surface area contributed by atoms with Gasteiger partial charge in [0.2, 0.25) is 0 Å². The fraction of sp³-hybridized carbons (Fsp3) is 0. The van der Waals surface area contributed by atoms with Crippen molar-refractivity contribution in [2.24, 2.45) is 0 Å². The molecule has 3 aromatic carbocycles. The largest absolute Gasteiger partial charge is 0.139 e. The van der Waals surface area contributed by atoms with E-state index in [0.29, 0.717) is 0 Å². The molecular weight excluding hydrogens is 238 g/mol. The topological polar surface area (TPSA) is 0 Å². The Bertz CT molecular complexity index is 631. The number of rotatable bonds is 2. The van der Waals surface area contributed by atoms with E-state index in [4.69, 9.17) is 0 Å². The number of hydrogen-bond acceptors (Lipinski definition) is 0. The van der Waals surface area contributed by atoms with E-state index in [-0.39, 0.29) is 0 Å². The molecule has 2 heteroatoms. The molecule has 0 fully saturated rings. The van der Waals surface area contributed by atoms with Crippen molar-refractivity contribution in [2.45, 2.75) is 0 Å². The molecule has 0 spiro atoms. The quantitative estimate of drug-likeness (QED) is 0.608. The molecule has 0 atom stereocenters. The van der Waals surface area contributed by atoms with Crippen LogP contribution in [-0.4, -0.2) is 15.7 Å². The first-order chi connectivity index (χ1) is 9.72. The van der Waals surface area contributed by atoms with Crippen LogP contribution >= 0.6 is 0 Å². The molecule has 0 radical (unpaired) electrons. The SMILES string of the molecule is Bc1ccc(-c2ccc(-c3ccc(B)cc3)cc2)cc1. The maximum atomic E-state index is 2.19. The molecule has 0 saturated heterocycles. The van der Waals surface area contributed by atoms with Crippen LogP contribution in [-0.2, 0) is 0 Å². The molecule has 0 aliphatic rings. The minimum absolute atomic E-state index is 1.26. The van der Waals surface area contributed by atoms with Gasteiger partial charge in [0.15, 0.2) is 0 Å². The Morgan fingerprint density at radius 1 is 0.350 bits per heavy atom. The summed E-state index contributed by atoms with van der Waals surface area (Å²) in [5.41, 5.74) is 7.66. The third kappa shape index (κ3) is 2.70. The normalized spacial score (nSPS) is 10.4. The lowest BCUT2D eigenvalue weighted by Crippen LogP contribution is -1.99. The zero-order valence-corrected chi connectivity index (χ0v) is 11.9. The van der Waals surface area contributed by atoms with E-state index in [1.54, 1.807) is 0 Å². The third-order valence-electron chi connectivity index (χ3n) is 3.65. The molecule has 0 nitrogen and oxygen atoms in total. The molecule has 0 aliphatic carbocycles. The van der Waals surface area contributed by atoms with Crippen molar-refractivity contribution < 1.29 is 0 Å². The van der Waals surface area contributed by atoms with E-state index in [2.05, 4.69) is 88.5 Å². The van der Waals surface area contributed by atoms with Crippen molar-refractivity contribution in [1.82, 2.24) is 0 Å². The summed E-state index contributed by atoms with van der Waals surface area (Å²) in [6, 6.07) is 26.1. The van der Waals surface area contributed by atoms with E-state index in [9.17, 15) is 0 Å². The Kier molecular flexibility index (Phi) is 3.47. The summed E-state index contributed by atoms with van der Waals surface area (Å²) in [5, 5.41) is 0. The smallest absolute Gasteiger partial charge is 0.0889 e. The third-order valence-corrected chi connectivity index (χ3v) is 3.65. The van der Waals surface area contributed by atoms with Gasteiger partial charge in [-0.25, -0.2) is 0 Å². The highest BCUT2D eigenvalue weighted by Crippen LogP contribution is 2.23. The van der Waals surface area contributed by atoms with Gasteiger partial charge in [-0.1, -0.05) is 83.7 Å². The molecular formula is C18H16B2. The lowest BCUT2D eigenvalue weighted by Gasteiger charge is -2.06. The first-order valence-corrected chi connectivity index (χ1v) is 6.96. The summed E-state index contributed by atoms with van der Waals surface area (Å²) in [5.74, 6) is 0. The summed E-state index contributed by atoms with van der Waals surface area (Å²) in [4.78, 5) is 0. The first kappa shape index (κ1) is 12.8. The Labute approximate surface area is 122 Å². The van der Waals surface area contributed by atoms with E-state index in [0.717, 1.165) is 0 Å². The van der Waals surface area contributed by atoms with Crippen LogP contribution in [0.4, 0.5) is 0 Å². The van der Waals surface area contributed by atoms with Crippen LogP contribution in [0.5, 0.6) is 0 Å². The predicted molar refractivity (Wildman–Crippen MR) is 93.7 cm³/mol. The van der Waals surface area contributed by atoms with Gasteiger partial charge in [0.25, 0.3) is 0 Å². The van der Waals surface area contributed by atoms with Gasteiger partial charge in [-0.2, -0.15) is 0 Å². The van der Waals surface area contributed by atoms with Crippen molar-refractivity contribution in [2.75, 3.05) is 0 Å². The number of hydrogen-bond donors (Lipinski definition) is 0. The van der Waals surface area contributed by atoms with Crippen LogP contribution < -0.4 is 10.9 Å². The summed E-state index contributed by atoms with van der Waals surface area (Å²) in [7, 11) is 4.23. The van der Waals surface area contributed by atoms with Crippen LogP contribution in [0.15, 0.2) is 72.8 Å². The molecule has 0 heterocycles. The maximum Gasteiger partial charge on any atom is 0.139 e. The fourth-order valence-corrected chi connectivity index (χ4v) is 2.35. The van der Waals surface area contributed by atoms with Gasteiger partial charge in [-0.3, -0.25) is 0 Å². The average molecular weight is 254 g/mol. The van der Waals surface area contributed by atoms with Crippen LogP contribution in [0, 0.1) is 0 Å². The van der Waals surface area contributed by atoms with Gasteiger partial charge in [-0.05, 0) is 22.3 Å². The Balaban J connectivity index is 1.91. The molecule has 0 N–H and O–H groups in total. The summed E-state index contributed by atoms with van der Waals surface area (Å²) in [6.45, 7) is 0. The monoisotopic (exact) mass is 254 g/mol. The van der Waals surface area contributed by atoms with Gasteiger partial charge in [0.05, 0.1) is 0 Å². The molecule has 20 heavy (non-hydrogen) atoms. The van der Waals surface area contributed by atoms with Gasteiger partial charge >= 0.3 is 0 Å². The molecule has 0 aromatic heterocycles. The van der Waals surface area contributed by atoms with Gasteiger partial charge in [0, 0.05) is 0 Å². The Morgan fingerprint density at radius 3 is 0.800 bits per heavy atom. The lowest BCUT2D eigenvalue weighted by molar-refractivity contribution is 1.60. The van der Waals surface area contributed by atoms with E-state index < -0.39 is 0 Å². The Morgan fingerprint density at radius 2 is 0.550 bits per heavy atom. The second kappa shape index (κ2) is 5.42. The standard InChI is InChI=1S/C18H16B2/c19-17-9-5-15(6-10-17)13-1-2-14(4-3-13)16-7-11-18(20)12-8-16/h1-12H,19-20H2. The molecule has 0 amide bonds. The van der Waals surface area contributed by atoms with Crippen molar-refractivity contribution in [3.63, 3.8) is 0 Å². The van der Waals surface area contributed by atoms with Crippen LogP contribution in [0.25, 0.3) is 22.3 Å². The molecule has 94 valence electrons. The Hall–Kier alpha value is -2.21. The highest BCUT2D eigenvalue weighted by Gasteiger charge is 2.00. The minimum atomic E-state index is 1.26. The van der Waals surface area contributed by atoms with Crippen molar-refractivity contribution in [3.8, 4) is 22.3 Å². The van der Waals surface area contributed by atoms with Crippen molar-refractivity contribution in [3.05, 3.63) is 72.8 Å². The lowest BCUT2D eigenvalue weighted by atomic mass is 9.92. The molecule has 0 bridgehead atoms.